The van der Waals surface area contributed by atoms with Crippen LogP contribution in [-0.4, -0.2) is 20.8 Å². The minimum Gasteiger partial charge on any atom is -0.360 e. The van der Waals surface area contributed by atoms with Crippen LogP contribution in [0.2, 0.25) is 0 Å². The van der Waals surface area contributed by atoms with Crippen LogP contribution in [0.25, 0.3) is 0 Å². The van der Waals surface area contributed by atoms with Gasteiger partial charge in [-0.2, -0.15) is 5.10 Å². The topological polar surface area (TPSA) is 73.0 Å². The second-order valence-electron chi connectivity index (χ2n) is 5.86. The van der Waals surface area contributed by atoms with E-state index >= 15 is 0 Å². The summed E-state index contributed by atoms with van der Waals surface area (Å²) in [6, 6.07) is 1.96. The lowest BCUT2D eigenvalue weighted by molar-refractivity contribution is 0.0940. The Kier molecular flexibility index (Phi) is 3.53. The highest BCUT2D eigenvalue weighted by Crippen LogP contribution is 2.27. The molecule has 0 radical (unpaired) electrons. The molecule has 1 aliphatic rings. The third kappa shape index (κ3) is 2.70. The molecule has 1 unspecified atom stereocenters. The standard InChI is InChI=1S/C15H20N4O2/c1-9-4-5-13-12(6-9)14(18-21-13)15(20)16-8-11-7-10(2)19(3)17-11/h7,9H,4-6,8H2,1-3H3,(H,16,20). The van der Waals surface area contributed by atoms with Gasteiger partial charge in [0.1, 0.15) is 5.76 Å². The highest BCUT2D eigenvalue weighted by atomic mass is 16.5. The van der Waals surface area contributed by atoms with Crippen molar-refractivity contribution < 1.29 is 9.32 Å². The predicted molar refractivity (Wildman–Crippen MR) is 76.8 cm³/mol. The number of aryl methyl sites for hydroxylation is 3. The Hall–Kier alpha value is -2.11. The molecular weight excluding hydrogens is 268 g/mol. The highest BCUT2D eigenvalue weighted by molar-refractivity contribution is 5.93. The lowest BCUT2D eigenvalue weighted by Crippen LogP contribution is -2.25. The van der Waals surface area contributed by atoms with Crippen LogP contribution in [0.1, 0.15) is 46.5 Å². The van der Waals surface area contributed by atoms with Crippen LogP contribution >= 0.6 is 0 Å². The maximum Gasteiger partial charge on any atom is 0.274 e. The number of rotatable bonds is 3. The zero-order valence-corrected chi connectivity index (χ0v) is 12.6. The van der Waals surface area contributed by atoms with Crippen molar-refractivity contribution in [1.29, 1.82) is 0 Å². The lowest BCUT2D eigenvalue weighted by atomic mass is 9.88. The summed E-state index contributed by atoms with van der Waals surface area (Å²) in [5, 5.41) is 11.1. The third-order valence-electron chi connectivity index (χ3n) is 4.10. The molecule has 21 heavy (non-hydrogen) atoms. The first-order valence-electron chi connectivity index (χ1n) is 7.29. The first-order valence-corrected chi connectivity index (χ1v) is 7.29. The lowest BCUT2D eigenvalue weighted by Gasteiger charge is -2.16. The van der Waals surface area contributed by atoms with Gasteiger partial charge in [-0.3, -0.25) is 9.48 Å². The van der Waals surface area contributed by atoms with Crippen molar-refractivity contribution in [2.75, 3.05) is 0 Å². The molecule has 0 aliphatic heterocycles. The molecule has 0 bridgehead atoms. The van der Waals surface area contributed by atoms with Crippen molar-refractivity contribution in [3.8, 4) is 0 Å². The molecule has 0 aromatic carbocycles. The monoisotopic (exact) mass is 288 g/mol. The van der Waals surface area contributed by atoms with Gasteiger partial charge >= 0.3 is 0 Å². The molecule has 2 aromatic heterocycles. The van der Waals surface area contributed by atoms with Crippen LogP contribution in [0, 0.1) is 12.8 Å². The summed E-state index contributed by atoms with van der Waals surface area (Å²) >= 11 is 0. The molecule has 6 nitrogen and oxygen atoms in total. The van der Waals surface area contributed by atoms with E-state index in [9.17, 15) is 4.79 Å². The molecule has 0 fully saturated rings. The number of carbonyl (C=O) groups is 1. The molecule has 0 saturated heterocycles. The van der Waals surface area contributed by atoms with Crippen LogP contribution < -0.4 is 5.32 Å². The zero-order valence-electron chi connectivity index (χ0n) is 12.6. The summed E-state index contributed by atoms with van der Waals surface area (Å²) in [5.74, 6) is 1.26. The summed E-state index contributed by atoms with van der Waals surface area (Å²) in [5.41, 5.74) is 3.31. The van der Waals surface area contributed by atoms with E-state index in [0.29, 0.717) is 18.2 Å². The smallest absolute Gasteiger partial charge is 0.274 e. The molecule has 112 valence electrons. The number of nitrogens with zero attached hydrogens (tertiary/aromatic N) is 3. The highest BCUT2D eigenvalue weighted by Gasteiger charge is 2.26. The molecule has 0 saturated carbocycles. The fraction of sp³-hybridized carbons (Fsp3) is 0.533. The minimum absolute atomic E-state index is 0.183. The number of nitrogens with one attached hydrogen (secondary N) is 1. The molecule has 2 aromatic rings. The largest absolute Gasteiger partial charge is 0.360 e. The molecule has 1 amide bonds. The number of fused-ring (bicyclic) bond motifs is 1. The van der Waals surface area contributed by atoms with Crippen molar-refractivity contribution in [1.82, 2.24) is 20.3 Å². The fourth-order valence-corrected chi connectivity index (χ4v) is 2.73. The van der Waals surface area contributed by atoms with E-state index < -0.39 is 0 Å². The Morgan fingerprint density at radius 3 is 3.10 bits per heavy atom. The van der Waals surface area contributed by atoms with Crippen LogP contribution in [0.4, 0.5) is 0 Å². The number of amides is 1. The molecule has 1 aliphatic carbocycles. The van der Waals surface area contributed by atoms with E-state index in [0.717, 1.165) is 42.0 Å². The van der Waals surface area contributed by atoms with Crippen molar-refractivity contribution >= 4 is 5.91 Å². The maximum atomic E-state index is 12.3. The van der Waals surface area contributed by atoms with Crippen molar-refractivity contribution in [3.63, 3.8) is 0 Å². The van der Waals surface area contributed by atoms with Crippen LogP contribution in [-0.2, 0) is 26.4 Å². The van der Waals surface area contributed by atoms with Gasteiger partial charge in [0.2, 0.25) is 0 Å². The van der Waals surface area contributed by atoms with Gasteiger partial charge in [0.05, 0.1) is 12.2 Å². The summed E-state index contributed by atoms with van der Waals surface area (Å²) in [7, 11) is 1.88. The maximum absolute atomic E-state index is 12.3. The average molecular weight is 288 g/mol. The molecule has 1 atom stereocenters. The van der Waals surface area contributed by atoms with E-state index in [4.69, 9.17) is 4.52 Å². The Labute approximate surface area is 123 Å². The van der Waals surface area contributed by atoms with Crippen LogP contribution in [0.15, 0.2) is 10.6 Å². The van der Waals surface area contributed by atoms with E-state index in [-0.39, 0.29) is 5.91 Å². The molecule has 0 spiro atoms. The summed E-state index contributed by atoms with van der Waals surface area (Å²) < 4.78 is 7.09. The SMILES string of the molecule is Cc1cc(CNC(=O)c2noc3c2CC(C)CC3)nn1C. The number of aromatic nitrogens is 3. The molecular formula is C15H20N4O2. The first-order chi connectivity index (χ1) is 10.0. The Morgan fingerprint density at radius 2 is 2.38 bits per heavy atom. The van der Waals surface area contributed by atoms with Gasteiger partial charge in [-0.1, -0.05) is 12.1 Å². The van der Waals surface area contributed by atoms with Crippen LogP contribution in [0.3, 0.4) is 0 Å². The zero-order chi connectivity index (χ0) is 15.0. The Balaban J connectivity index is 1.70. The second kappa shape index (κ2) is 5.35. The van der Waals surface area contributed by atoms with Gasteiger partial charge in [-0.25, -0.2) is 0 Å². The molecule has 6 heteroatoms. The van der Waals surface area contributed by atoms with E-state index in [1.807, 2.05) is 20.0 Å². The van der Waals surface area contributed by atoms with Crippen molar-refractivity contribution in [2.45, 2.75) is 39.7 Å². The average Bonchev–Trinajstić information content (AvgIpc) is 3.00. The van der Waals surface area contributed by atoms with Crippen LogP contribution in [0.5, 0.6) is 0 Å². The Morgan fingerprint density at radius 1 is 1.57 bits per heavy atom. The fourth-order valence-electron chi connectivity index (χ4n) is 2.73. The Bertz CT molecular complexity index is 652. The summed E-state index contributed by atoms with van der Waals surface area (Å²) in [6.07, 6.45) is 2.83. The van der Waals surface area contributed by atoms with Gasteiger partial charge in [0.25, 0.3) is 5.91 Å². The molecule has 3 rings (SSSR count). The van der Waals surface area contributed by atoms with Crippen molar-refractivity contribution in [2.24, 2.45) is 13.0 Å². The van der Waals surface area contributed by atoms with Gasteiger partial charge in [-0.05, 0) is 31.7 Å². The van der Waals surface area contributed by atoms with E-state index in [1.165, 1.54) is 0 Å². The summed E-state index contributed by atoms with van der Waals surface area (Å²) in [6.45, 7) is 4.57. The van der Waals surface area contributed by atoms with E-state index in [1.54, 1.807) is 4.68 Å². The van der Waals surface area contributed by atoms with E-state index in [2.05, 4.69) is 22.5 Å². The van der Waals surface area contributed by atoms with Gasteiger partial charge in [0, 0.05) is 24.7 Å². The molecule has 1 N–H and O–H groups in total. The normalized spacial score (nSPS) is 17.6. The van der Waals surface area contributed by atoms with Crippen molar-refractivity contribution in [3.05, 3.63) is 34.5 Å². The van der Waals surface area contributed by atoms with Gasteiger partial charge in [0.15, 0.2) is 5.69 Å². The number of hydrogen-bond donors (Lipinski definition) is 1. The third-order valence-corrected chi connectivity index (χ3v) is 4.10. The number of hydrogen-bond acceptors (Lipinski definition) is 4. The first kappa shape index (κ1) is 13.9. The van der Waals surface area contributed by atoms with Gasteiger partial charge in [-0.15, -0.1) is 0 Å². The predicted octanol–water partition coefficient (Wildman–Crippen LogP) is 1.77. The molecule has 2 heterocycles. The summed E-state index contributed by atoms with van der Waals surface area (Å²) in [4.78, 5) is 12.3. The van der Waals surface area contributed by atoms with Gasteiger partial charge < -0.3 is 9.84 Å². The number of carbonyl (C=O) groups excluding carboxylic acids is 1. The quantitative estimate of drug-likeness (QED) is 0.934. The minimum atomic E-state index is -0.183. The second-order valence-corrected chi connectivity index (χ2v) is 5.86.